The van der Waals surface area contributed by atoms with Crippen molar-refractivity contribution in [3.05, 3.63) is 39.1 Å². The second-order valence-corrected chi connectivity index (χ2v) is 5.78. The maximum absolute atomic E-state index is 12.7. The van der Waals surface area contributed by atoms with Gasteiger partial charge in [-0.3, -0.25) is 4.79 Å². The smallest absolute Gasteiger partial charge is 0.265 e. The van der Waals surface area contributed by atoms with Gasteiger partial charge < -0.3 is 10.3 Å². The van der Waals surface area contributed by atoms with Crippen molar-refractivity contribution >= 4 is 17.2 Å². The predicted octanol–water partition coefficient (Wildman–Crippen LogP) is 3.22. The van der Waals surface area contributed by atoms with Gasteiger partial charge in [0.2, 0.25) is 0 Å². The van der Waals surface area contributed by atoms with Crippen LogP contribution in [-0.2, 0) is 19.4 Å². The van der Waals surface area contributed by atoms with E-state index in [2.05, 4.69) is 15.3 Å². The van der Waals surface area contributed by atoms with Crippen LogP contribution in [0.2, 0.25) is 0 Å². The number of H-pyrrole nitrogens is 1. The lowest BCUT2D eigenvalue weighted by Gasteiger charge is -2.07. The quantitative estimate of drug-likeness (QED) is 0.911. The summed E-state index contributed by atoms with van der Waals surface area (Å²) in [7, 11) is 0. The average Bonchev–Trinajstić information content (AvgIpc) is 3.10. The number of rotatable bonds is 4. The number of fused-ring (bicyclic) bond motifs is 1. The van der Waals surface area contributed by atoms with Gasteiger partial charge in [-0.2, -0.15) is 11.3 Å². The number of carbonyl (C=O) groups excluding carboxylic acids is 1. The van der Waals surface area contributed by atoms with E-state index < -0.39 is 12.3 Å². The summed E-state index contributed by atoms with van der Waals surface area (Å²) in [4.78, 5) is 19.6. The van der Waals surface area contributed by atoms with Crippen LogP contribution in [0.15, 0.2) is 10.8 Å². The Morgan fingerprint density at radius 1 is 1.38 bits per heavy atom. The van der Waals surface area contributed by atoms with Crippen LogP contribution in [0.4, 0.5) is 8.78 Å². The first-order valence-corrected chi connectivity index (χ1v) is 7.78. The van der Waals surface area contributed by atoms with Gasteiger partial charge in [-0.1, -0.05) is 0 Å². The summed E-state index contributed by atoms with van der Waals surface area (Å²) < 4.78 is 25.5. The van der Waals surface area contributed by atoms with E-state index in [-0.39, 0.29) is 17.7 Å². The standard InChI is InChI=1S/C14H15F2N3OS/c15-13(16)8-6-21-7-9(8)14(20)17-5-12-18-10-3-1-2-4-11(10)19-12/h6-7,13H,1-5H2,(H,17,20)(H,18,19). The Balaban J connectivity index is 1.65. The Labute approximate surface area is 124 Å². The summed E-state index contributed by atoms with van der Waals surface area (Å²) >= 11 is 1.10. The highest BCUT2D eigenvalue weighted by atomic mass is 32.1. The molecule has 4 nitrogen and oxygen atoms in total. The Bertz CT molecular complexity index is 627. The minimum Gasteiger partial charge on any atom is -0.345 e. The normalized spacial score (nSPS) is 14.2. The van der Waals surface area contributed by atoms with E-state index in [0.717, 1.165) is 48.4 Å². The van der Waals surface area contributed by atoms with Crippen LogP contribution in [0.1, 0.15) is 52.4 Å². The third-order valence-corrected chi connectivity index (χ3v) is 4.35. The molecule has 2 heterocycles. The first kappa shape index (κ1) is 14.2. The molecule has 7 heteroatoms. The molecule has 0 aliphatic heterocycles. The van der Waals surface area contributed by atoms with Gasteiger partial charge in [0.05, 0.1) is 17.8 Å². The van der Waals surface area contributed by atoms with Crippen molar-refractivity contribution in [1.82, 2.24) is 15.3 Å². The fourth-order valence-electron chi connectivity index (χ4n) is 2.52. The molecule has 0 saturated carbocycles. The van der Waals surface area contributed by atoms with Gasteiger partial charge in [0.15, 0.2) is 0 Å². The Kier molecular flexibility index (Phi) is 4.01. The molecule has 2 N–H and O–H groups in total. The van der Waals surface area contributed by atoms with Crippen LogP contribution < -0.4 is 5.32 Å². The third kappa shape index (κ3) is 2.97. The van der Waals surface area contributed by atoms with Crippen molar-refractivity contribution in [2.24, 2.45) is 0 Å². The highest BCUT2D eigenvalue weighted by molar-refractivity contribution is 7.08. The molecular weight excluding hydrogens is 296 g/mol. The summed E-state index contributed by atoms with van der Waals surface area (Å²) in [5, 5.41) is 5.41. The van der Waals surface area contributed by atoms with Crippen LogP contribution in [-0.4, -0.2) is 15.9 Å². The molecule has 0 atom stereocenters. The number of imidazole rings is 1. The molecule has 1 amide bonds. The first-order chi connectivity index (χ1) is 10.1. The molecule has 1 aliphatic carbocycles. The second-order valence-electron chi connectivity index (χ2n) is 5.04. The number of carbonyl (C=O) groups is 1. The predicted molar refractivity (Wildman–Crippen MR) is 75.7 cm³/mol. The number of aryl methyl sites for hydroxylation is 2. The van der Waals surface area contributed by atoms with Gasteiger partial charge >= 0.3 is 0 Å². The number of aromatic amines is 1. The van der Waals surface area contributed by atoms with Crippen LogP contribution in [0, 0.1) is 0 Å². The molecule has 0 spiro atoms. The lowest BCUT2D eigenvalue weighted by molar-refractivity contribution is 0.0937. The largest absolute Gasteiger partial charge is 0.345 e. The molecule has 2 aromatic rings. The van der Waals surface area contributed by atoms with E-state index in [4.69, 9.17) is 0 Å². The zero-order chi connectivity index (χ0) is 14.8. The summed E-state index contributed by atoms with van der Waals surface area (Å²) in [6.07, 6.45) is 1.59. The molecule has 112 valence electrons. The lowest BCUT2D eigenvalue weighted by Crippen LogP contribution is -2.24. The summed E-state index contributed by atoms with van der Waals surface area (Å²) in [5.41, 5.74) is 2.03. The fourth-order valence-corrected chi connectivity index (χ4v) is 3.34. The van der Waals surface area contributed by atoms with Crippen LogP contribution in [0.25, 0.3) is 0 Å². The molecule has 0 unspecified atom stereocenters. The van der Waals surface area contributed by atoms with Gasteiger partial charge in [-0.25, -0.2) is 13.8 Å². The van der Waals surface area contributed by atoms with Crippen molar-refractivity contribution in [1.29, 1.82) is 0 Å². The maximum Gasteiger partial charge on any atom is 0.265 e. The summed E-state index contributed by atoms with van der Waals surface area (Å²) in [6.45, 7) is 0.227. The van der Waals surface area contributed by atoms with Crippen molar-refractivity contribution < 1.29 is 13.6 Å². The zero-order valence-electron chi connectivity index (χ0n) is 11.3. The van der Waals surface area contributed by atoms with Crippen molar-refractivity contribution in [3.8, 4) is 0 Å². The Morgan fingerprint density at radius 2 is 2.19 bits per heavy atom. The first-order valence-electron chi connectivity index (χ1n) is 6.84. The van der Waals surface area contributed by atoms with E-state index in [9.17, 15) is 13.6 Å². The zero-order valence-corrected chi connectivity index (χ0v) is 12.1. The topological polar surface area (TPSA) is 57.8 Å². The van der Waals surface area contributed by atoms with Crippen LogP contribution >= 0.6 is 11.3 Å². The number of alkyl halides is 2. The Hall–Kier alpha value is -1.76. The van der Waals surface area contributed by atoms with Crippen LogP contribution in [0.3, 0.4) is 0 Å². The lowest BCUT2D eigenvalue weighted by atomic mass is 10.0. The highest BCUT2D eigenvalue weighted by Crippen LogP contribution is 2.26. The molecule has 2 aromatic heterocycles. The third-order valence-electron chi connectivity index (χ3n) is 3.59. The molecule has 0 aromatic carbocycles. The number of thiophene rings is 1. The molecule has 1 aliphatic rings. The SMILES string of the molecule is O=C(NCc1nc2c([nH]1)CCCC2)c1cscc1C(F)F. The molecule has 0 fully saturated rings. The number of hydrogen-bond acceptors (Lipinski definition) is 3. The summed E-state index contributed by atoms with van der Waals surface area (Å²) in [5.74, 6) is 0.199. The van der Waals surface area contributed by atoms with E-state index >= 15 is 0 Å². The molecule has 21 heavy (non-hydrogen) atoms. The van der Waals surface area contributed by atoms with Crippen molar-refractivity contribution in [2.75, 3.05) is 0 Å². The van der Waals surface area contributed by atoms with Gasteiger partial charge in [0, 0.05) is 22.0 Å². The molecule has 0 saturated heterocycles. The molecule has 0 radical (unpaired) electrons. The van der Waals surface area contributed by atoms with Crippen molar-refractivity contribution in [3.63, 3.8) is 0 Å². The van der Waals surface area contributed by atoms with E-state index in [1.54, 1.807) is 0 Å². The monoisotopic (exact) mass is 311 g/mol. The van der Waals surface area contributed by atoms with Gasteiger partial charge in [-0.05, 0) is 25.7 Å². The second kappa shape index (κ2) is 5.93. The van der Waals surface area contributed by atoms with E-state index in [1.165, 1.54) is 10.8 Å². The average molecular weight is 311 g/mol. The molecular formula is C14H15F2N3OS. The summed E-state index contributed by atoms with van der Waals surface area (Å²) in [6, 6.07) is 0. The number of nitrogens with one attached hydrogen (secondary N) is 2. The number of halogens is 2. The number of amides is 1. The number of hydrogen-bond donors (Lipinski definition) is 2. The minimum atomic E-state index is -2.63. The highest BCUT2D eigenvalue weighted by Gasteiger charge is 2.20. The van der Waals surface area contributed by atoms with Crippen LogP contribution in [0.5, 0.6) is 0 Å². The Morgan fingerprint density at radius 3 is 2.95 bits per heavy atom. The van der Waals surface area contributed by atoms with E-state index in [1.807, 2.05) is 0 Å². The van der Waals surface area contributed by atoms with Crippen molar-refractivity contribution in [2.45, 2.75) is 38.7 Å². The van der Waals surface area contributed by atoms with Gasteiger partial charge in [0.1, 0.15) is 5.82 Å². The van der Waals surface area contributed by atoms with Gasteiger partial charge in [0.25, 0.3) is 12.3 Å². The van der Waals surface area contributed by atoms with Gasteiger partial charge in [-0.15, -0.1) is 0 Å². The maximum atomic E-state index is 12.7. The van der Waals surface area contributed by atoms with E-state index in [0.29, 0.717) is 5.82 Å². The fraction of sp³-hybridized carbons (Fsp3) is 0.429. The minimum absolute atomic E-state index is 0.0475. The number of nitrogens with zero attached hydrogens (tertiary/aromatic N) is 1. The molecule has 0 bridgehead atoms. The number of aromatic nitrogens is 2. The molecule has 3 rings (SSSR count).